The average Bonchev–Trinajstić information content (AvgIpc) is 4.10. The predicted molar refractivity (Wildman–Crippen MR) is 218 cm³/mol. The lowest BCUT2D eigenvalue weighted by Crippen LogP contribution is -1.91. The second-order valence-corrected chi connectivity index (χ2v) is 11.3. The van der Waals surface area contributed by atoms with Gasteiger partial charge in [0.2, 0.25) is 0 Å². The molecule has 10 aromatic carbocycles. The van der Waals surface area contributed by atoms with Gasteiger partial charge in [-0.15, -0.1) is 0 Å². The van der Waals surface area contributed by atoms with E-state index in [0.717, 1.165) is 0 Å². The summed E-state index contributed by atoms with van der Waals surface area (Å²) in [6, 6.07) is -27.5. The summed E-state index contributed by atoms with van der Waals surface area (Å²) in [5.74, 6) is 0. The third kappa shape index (κ3) is 4.28. The lowest BCUT2D eigenvalue weighted by atomic mass is 9.85. The Morgan fingerprint density at radius 3 is 1.45 bits per heavy atom. The maximum atomic E-state index is 9.88. The van der Waals surface area contributed by atoms with Crippen LogP contribution in [0, 0.1) is 0 Å². The fourth-order valence-corrected chi connectivity index (χ4v) is 6.29. The van der Waals surface area contributed by atoms with Crippen molar-refractivity contribution < 1.29 is 45.5 Å². The standard InChI is InChI=1S/C50H30O/c1-2-10-31(11-3-1)33-21-24-38-34(28-33)18-19-35-29-36(22-25-39(35)38)48-41-14-6-8-16-43(41)49(44-17-9-7-15-42(44)48)37-23-27-47-46(30-37)45-26-20-32-12-4-5-13-40(32)50(45)51-47/h1-30H/i1D,2D,3D,4D,5D,6D,7D,8D,9D,10D,11D,12D,13D,14D,15D,16D,17D,18D,19D,20D,21D,22D,23D,24D,25D,26D,27D,28D,29D,30D. The number of benzene rings is 10. The molecular formula is C50H30O. The predicted octanol–water partition coefficient (Wildman–Crippen LogP) is 14.4. The molecule has 0 aliphatic carbocycles. The Morgan fingerprint density at radius 2 is 0.784 bits per heavy atom. The van der Waals surface area contributed by atoms with Crippen molar-refractivity contribution in [3.63, 3.8) is 0 Å². The Morgan fingerprint density at radius 1 is 0.294 bits per heavy atom. The molecule has 0 atom stereocenters. The van der Waals surface area contributed by atoms with E-state index in [-0.39, 0.29) is 0 Å². The highest BCUT2D eigenvalue weighted by molar-refractivity contribution is 6.23. The van der Waals surface area contributed by atoms with Gasteiger partial charge in [-0.1, -0.05) is 151 Å². The largest absolute Gasteiger partial charge is 0.455 e. The van der Waals surface area contributed by atoms with E-state index in [9.17, 15) is 19.2 Å². The summed E-state index contributed by atoms with van der Waals surface area (Å²) in [7, 11) is 0. The molecule has 0 aliphatic rings. The molecule has 51 heavy (non-hydrogen) atoms. The van der Waals surface area contributed by atoms with Crippen LogP contribution in [0.15, 0.2) is 186 Å². The molecule has 0 amide bonds. The van der Waals surface area contributed by atoms with E-state index in [1.165, 1.54) is 0 Å². The summed E-state index contributed by atoms with van der Waals surface area (Å²) in [4.78, 5) is 0. The smallest absolute Gasteiger partial charge is 0.143 e. The molecule has 0 spiro atoms. The van der Waals surface area contributed by atoms with Crippen LogP contribution in [0.4, 0.5) is 0 Å². The SMILES string of the molecule is [2H]c1c([2H])c([2H])c(-c2c([2H])c([2H])c3c(c2[2H])c([2H])c([2H])c2c([2H])c(-c4c5c([2H])c([2H])c([2H])c([2H])c5c(-c5c([2H])c([2H])c6oc7c8c([2H])c([2H])c([2H])c([2H])c8c([2H])c([2H])c7c6c5[2H])c5c([2H])c([2H])c([2H])c([2H])c45)c([2H])c([2H])c23)c([2H])c1[2H]. The average molecular weight is 677 g/mol. The highest BCUT2D eigenvalue weighted by atomic mass is 16.3. The number of hydrogen-bond acceptors (Lipinski definition) is 1. The zero-order valence-electron chi connectivity index (χ0n) is 55.4. The topological polar surface area (TPSA) is 13.1 Å². The van der Waals surface area contributed by atoms with E-state index in [1.54, 1.807) is 0 Å². The minimum absolute atomic E-state index is 0.427. The molecule has 1 aromatic heterocycles. The maximum Gasteiger partial charge on any atom is 0.143 e. The van der Waals surface area contributed by atoms with Gasteiger partial charge in [0.05, 0.1) is 41.1 Å². The summed E-state index contributed by atoms with van der Waals surface area (Å²) in [5, 5.41) is -7.62. The molecule has 236 valence electrons. The van der Waals surface area contributed by atoms with Crippen LogP contribution in [0.25, 0.3) is 109 Å². The van der Waals surface area contributed by atoms with E-state index < -0.39 is 290 Å². The minimum Gasteiger partial charge on any atom is -0.455 e. The molecule has 0 radical (unpaired) electrons. The van der Waals surface area contributed by atoms with Gasteiger partial charge in [-0.3, -0.25) is 0 Å². The van der Waals surface area contributed by atoms with Crippen LogP contribution in [0.2, 0.25) is 0 Å². The second-order valence-electron chi connectivity index (χ2n) is 11.3. The van der Waals surface area contributed by atoms with Crippen LogP contribution in [-0.2, 0) is 0 Å². The Hall–Kier alpha value is -6.70. The number of furan rings is 1. The molecule has 0 unspecified atom stereocenters. The molecule has 1 nitrogen and oxygen atoms in total. The first kappa shape index (κ1) is 11.7. The van der Waals surface area contributed by atoms with Gasteiger partial charge >= 0.3 is 0 Å². The molecule has 1 heterocycles. The monoisotopic (exact) mass is 676 g/mol. The summed E-state index contributed by atoms with van der Waals surface area (Å²) in [6.45, 7) is 0. The van der Waals surface area contributed by atoms with E-state index in [4.69, 9.17) is 26.3 Å². The molecule has 11 rings (SSSR count). The Labute approximate surface area is 336 Å². The van der Waals surface area contributed by atoms with Gasteiger partial charge in [-0.2, -0.15) is 0 Å². The molecule has 0 fully saturated rings. The highest BCUT2D eigenvalue weighted by Crippen LogP contribution is 2.46. The molecular weight excluding hydrogens is 617 g/mol. The fraction of sp³-hybridized carbons (Fsp3) is 0. The van der Waals surface area contributed by atoms with Crippen molar-refractivity contribution in [3.8, 4) is 33.4 Å². The molecule has 0 N–H and O–H groups in total. The molecule has 0 aliphatic heterocycles. The fourth-order valence-electron chi connectivity index (χ4n) is 6.29. The maximum absolute atomic E-state index is 9.88. The van der Waals surface area contributed by atoms with Crippen molar-refractivity contribution in [2.24, 2.45) is 0 Å². The van der Waals surface area contributed by atoms with Gasteiger partial charge < -0.3 is 4.42 Å². The normalized spacial score (nSPS) is 20.2. The summed E-state index contributed by atoms with van der Waals surface area (Å²) >= 11 is 0. The zero-order chi connectivity index (χ0) is 59.6. The lowest BCUT2D eigenvalue weighted by Gasteiger charge is -2.18. The third-order valence-corrected chi connectivity index (χ3v) is 8.50. The Bertz CT molecular complexity index is 4820. The van der Waals surface area contributed by atoms with E-state index in [1.807, 2.05) is 0 Å². The second kappa shape index (κ2) is 10.9. The van der Waals surface area contributed by atoms with Gasteiger partial charge in [0.25, 0.3) is 0 Å². The van der Waals surface area contributed by atoms with Crippen LogP contribution in [0.3, 0.4) is 0 Å². The van der Waals surface area contributed by atoms with Gasteiger partial charge in [-0.25, -0.2) is 0 Å². The van der Waals surface area contributed by atoms with Crippen molar-refractivity contribution in [1.29, 1.82) is 0 Å². The number of fused-ring (bicyclic) bond motifs is 10. The highest BCUT2D eigenvalue weighted by Gasteiger charge is 2.19. The van der Waals surface area contributed by atoms with Crippen molar-refractivity contribution in [2.45, 2.75) is 0 Å². The number of rotatable bonds is 3. The van der Waals surface area contributed by atoms with Crippen LogP contribution < -0.4 is 0 Å². The summed E-state index contributed by atoms with van der Waals surface area (Å²) in [6.07, 6.45) is 0. The first-order valence-corrected chi connectivity index (χ1v) is 15.2. The van der Waals surface area contributed by atoms with Crippen LogP contribution in [0.5, 0.6) is 0 Å². The summed E-state index contributed by atoms with van der Waals surface area (Å²) in [5.41, 5.74) is -5.67. The van der Waals surface area contributed by atoms with Gasteiger partial charge in [0, 0.05) is 16.2 Å². The third-order valence-electron chi connectivity index (χ3n) is 8.50. The first-order valence-electron chi connectivity index (χ1n) is 30.2. The lowest BCUT2D eigenvalue weighted by molar-refractivity contribution is 0.672. The minimum atomic E-state index is -1.07. The number of hydrogen-bond donors (Lipinski definition) is 0. The molecule has 11 aromatic rings. The van der Waals surface area contributed by atoms with Crippen LogP contribution >= 0.6 is 0 Å². The van der Waals surface area contributed by atoms with Crippen molar-refractivity contribution in [2.75, 3.05) is 0 Å². The quantitative estimate of drug-likeness (QED) is 0.134. The van der Waals surface area contributed by atoms with E-state index in [2.05, 4.69) is 0 Å². The van der Waals surface area contributed by atoms with Crippen LogP contribution in [0.1, 0.15) is 41.1 Å². The van der Waals surface area contributed by atoms with Gasteiger partial charge in [0.1, 0.15) is 11.2 Å². The van der Waals surface area contributed by atoms with E-state index >= 15 is 0 Å². The van der Waals surface area contributed by atoms with Crippen molar-refractivity contribution in [3.05, 3.63) is 181 Å². The Balaban J connectivity index is 1.36. The molecule has 0 bridgehead atoms. The van der Waals surface area contributed by atoms with Gasteiger partial charge in [-0.05, 0) is 112 Å². The molecule has 0 saturated heterocycles. The Kier molecular flexibility index (Phi) is 2.50. The van der Waals surface area contributed by atoms with Gasteiger partial charge in [0.15, 0.2) is 0 Å². The van der Waals surface area contributed by atoms with E-state index in [0.29, 0.717) is 0 Å². The summed E-state index contributed by atoms with van der Waals surface area (Å²) < 4.78 is 278. The van der Waals surface area contributed by atoms with Crippen LogP contribution in [-0.4, -0.2) is 0 Å². The van der Waals surface area contributed by atoms with Crippen molar-refractivity contribution >= 4 is 75.8 Å². The van der Waals surface area contributed by atoms with Crippen molar-refractivity contribution in [1.82, 2.24) is 0 Å². The zero-order valence-corrected chi connectivity index (χ0v) is 25.4. The molecule has 0 saturated carbocycles. The first-order chi connectivity index (χ1) is 37.8. The molecule has 1 heteroatoms.